The second kappa shape index (κ2) is 6.19. The van der Waals surface area contributed by atoms with E-state index in [2.05, 4.69) is 22.5 Å². The second-order valence-electron chi connectivity index (χ2n) is 4.76. The van der Waals surface area contributed by atoms with E-state index >= 15 is 0 Å². The molecule has 0 aliphatic rings. The molecule has 4 nitrogen and oxygen atoms in total. The van der Waals surface area contributed by atoms with Crippen molar-refractivity contribution in [1.82, 2.24) is 10.3 Å². The topological polar surface area (TPSA) is 54.0 Å². The molecule has 1 heterocycles. The summed E-state index contributed by atoms with van der Waals surface area (Å²) < 4.78 is 0. The van der Waals surface area contributed by atoms with Crippen LogP contribution in [0.3, 0.4) is 0 Å². The number of pyridine rings is 1. The first kappa shape index (κ1) is 14.1. The van der Waals surface area contributed by atoms with Crippen molar-refractivity contribution >= 4 is 11.6 Å². The quantitative estimate of drug-likeness (QED) is 0.897. The number of carbonyl (C=O) groups excluding carboxylic acids is 1. The van der Waals surface area contributed by atoms with Gasteiger partial charge in [0.25, 0.3) is 5.91 Å². The molecular formula is C16H19N3O. The SMILES string of the molecule is CNC(=O)c1ccc(NCc2cnccc2C)c(C)c1. The van der Waals surface area contributed by atoms with Crippen molar-refractivity contribution in [1.29, 1.82) is 0 Å². The number of rotatable bonds is 4. The minimum Gasteiger partial charge on any atom is -0.381 e. The fourth-order valence-electron chi connectivity index (χ4n) is 2.02. The van der Waals surface area contributed by atoms with E-state index in [9.17, 15) is 4.79 Å². The summed E-state index contributed by atoms with van der Waals surface area (Å²) in [6.45, 7) is 4.78. The second-order valence-corrected chi connectivity index (χ2v) is 4.76. The summed E-state index contributed by atoms with van der Waals surface area (Å²) in [5.74, 6) is -0.0669. The Morgan fingerprint density at radius 1 is 1.20 bits per heavy atom. The van der Waals surface area contributed by atoms with Crippen LogP contribution in [0.15, 0.2) is 36.7 Å². The van der Waals surface area contributed by atoms with Crippen molar-refractivity contribution in [2.45, 2.75) is 20.4 Å². The van der Waals surface area contributed by atoms with E-state index in [0.29, 0.717) is 5.56 Å². The molecule has 1 aromatic carbocycles. The predicted molar refractivity (Wildman–Crippen MR) is 80.9 cm³/mol. The van der Waals surface area contributed by atoms with Gasteiger partial charge in [-0.05, 0) is 54.8 Å². The Morgan fingerprint density at radius 3 is 2.65 bits per heavy atom. The number of nitrogens with zero attached hydrogens (tertiary/aromatic N) is 1. The third-order valence-corrected chi connectivity index (χ3v) is 3.33. The van der Waals surface area contributed by atoms with Gasteiger partial charge in [0.1, 0.15) is 0 Å². The number of amides is 1. The van der Waals surface area contributed by atoms with Crippen LogP contribution in [0.1, 0.15) is 27.0 Å². The fourth-order valence-corrected chi connectivity index (χ4v) is 2.02. The maximum atomic E-state index is 11.6. The number of hydrogen-bond acceptors (Lipinski definition) is 3. The van der Waals surface area contributed by atoms with E-state index < -0.39 is 0 Å². The van der Waals surface area contributed by atoms with Crippen molar-refractivity contribution in [2.75, 3.05) is 12.4 Å². The molecule has 2 rings (SSSR count). The zero-order chi connectivity index (χ0) is 14.5. The molecule has 0 spiro atoms. The van der Waals surface area contributed by atoms with Crippen LogP contribution in [-0.4, -0.2) is 17.9 Å². The van der Waals surface area contributed by atoms with Gasteiger partial charge in [0, 0.05) is 37.2 Å². The average molecular weight is 269 g/mol. The normalized spacial score (nSPS) is 10.2. The molecule has 1 aromatic heterocycles. The number of carbonyl (C=O) groups is 1. The largest absolute Gasteiger partial charge is 0.381 e. The lowest BCUT2D eigenvalue weighted by Crippen LogP contribution is -2.17. The van der Waals surface area contributed by atoms with Gasteiger partial charge >= 0.3 is 0 Å². The van der Waals surface area contributed by atoms with Crippen molar-refractivity contribution in [3.05, 3.63) is 58.9 Å². The molecule has 0 saturated heterocycles. The minimum atomic E-state index is -0.0669. The lowest BCUT2D eigenvalue weighted by Gasteiger charge is -2.12. The Bertz CT molecular complexity index is 623. The highest BCUT2D eigenvalue weighted by Gasteiger charge is 2.06. The van der Waals surface area contributed by atoms with Crippen molar-refractivity contribution in [3.63, 3.8) is 0 Å². The van der Waals surface area contributed by atoms with E-state index in [1.54, 1.807) is 13.2 Å². The van der Waals surface area contributed by atoms with Gasteiger partial charge in [0.15, 0.2) is 0 Å². The van der Waals surface area contributed by atoms with Gasteiger partial charge in [-0.25, -0.2) is 0 Å². The average Bonchev–Trinajstić information content (AvgIpc) is 2.46. The van der Waals surface area contributed by atoms with E-state index in [1.165, 1.54) is 11.1 Å². The molecule has 1 amide bonds. The maximum Gasteiger partial charge on any atom is 0.251 e. The van der Waals surface area contributed by atoms with Crippen molar-refractivity contribution in [2.24, 2.45) is 0 Å². The molecular weight excluding hydrogens is 250 g/mol. The van der Waals surface area contributed by atoms with Gasteiger partial charge in [0.2, 0.25) is 0 Å². The number of anilines is 1. The lowest BCUT2D eigenvalue weighted by atomic mass is 10.1. The number of benzene rings is 1. The highest BCUT2D eigenvalue weighted by Crippen LogP contribution is 2.18. The Balaban J connectivity index is 2.11. The molecule has 0 fully saturated rings. The summed E-state index contributed by atoms with van der Waals surface area (Å²) in [7, 11) is 1.63. The highest BCUT2D eigenvalue weighted by molar-refractivity contribution is 5.94. The van der Waals surface area contributed by atoms with Crippen LogP contribution in [0.5, 0.6) is 0 Å². The van der Waals surface area contributed by atoms with Gasteiger partial charge in [-0.15, -0.1) is 0 Å². The van der Waals surface area contributed by atoms with Crippen molar-refractivity contribution in [3.8, 4) is 0 Å². The van der Waals surface area contributed by atoms with Gasteiger partial charge in [-0.1, -0.05) is 0 Å². The molecule has 20 heavy (non-hydrogen) atoms. The summed E-state index contributed by atoms with van der Waals surface area (Å²) >= 11 is 0. The molecule has 0 aliphatic heterocycles. The molecule has 0 saturated carbocycles. The molecule has 0 atom stereocenters. The molecule has 2 N–H and O–H groups in total. The van der Waals surface area contributed by atoms with Crippen LogP contribution in [0.4, 0.5) is 5.69 Å². The number of aromatic nitrogens is 1. The minimum absolute atomic E-state index is 0.0669. The molecule has 2 aromatic rings. The first-order valence-electron chi connectivity index (χ1n) is 6.58. The molecule has 0 unspecified atom stereocenters. The first-order valence-corrected chi connectivity index (χ1v) is 6.58. The molecule has 4 heteroatoms. The van der Waals surface area contributed by atoms with Crippen LogP contribution in [-0.2, 0) is 6.54 Å². The Morgan fingerprint density at radius 2 is 2.00 bits per heavy atom. The number of nitrogens with one attached hydrogen (secondary N) is 2. The Hall–Kier alpha value is -2.36. The van der Waals surface area contributed by atoms with Crippen LogP contribution < -0.4 is 10.6 Å². The third-order valence-electron chi connectivity index (χ3n) is 3.33. The molecule has 0 radical (unpaired) electrons. The molecule has 0 aliphatic carbocycles. The Kier molecular flexibility index (Phi) is 4.35. The zero-order valence-corrected chi connectivity index (χ0v) is 12.0. The lowest BCUT2D eigenvalue weighted by molar-refractivity contribution is 0.0963. The van der Waals surface area contributed by atoms with E-state index in [4.69, 9.17) is 0 Å². The monoisotopic (exact) mass is 269 g/mol. The maximum absolute atomic E-state index is 11.6. The molecule has 0 bridgehead atoms. The smallest absolute Gasteiger partial charge is 0.251 e. The number of aryl methyl sites for hydroxylation is 2. The van der Waals surface area contributed by atoms with Crippen LogP contribution >= 0.6 is 0 Å². The summed E-state index contributed by atoms with van der Waals surface area (Å²) in [5, 5.41) is 6.01. The van der Waals surface area contributed by atoms with Crippen LogP contribution in [0, 0.1) is 13.8 Å². The van der Waals surface area contributed by atoms with E-state index in [1.807, 2.05) is 37.4 Å². The molecule has 104 valence electrons. The van der Waals surface area contributed by atoms with Gasteiger partial charge in [0.05, 0.1) is 0 Å². The Labute approximate surface area is 119 Å². The highest BCUT2D eigenvalue weighted by atomic mass is 16.1. The zero-order valence-electron chi connectivity index (χ0n) is 12.0. The number of hydrogen-bond donors (Lipinski definition) is 2. The van der Waals surface area contributed by atoms with Crippen molar-refractivity contribution < 1.29 is 4.79 Å². The van der Waals surface area contributed by atoms with Gasteiger partial charge < -0.3 is 10.6 Å². The van der Waals surface area contributed by atoms with Crippen LogP contribution in [0.2, 0.25) is 0 Å². The van der Waals surface area contributed by atoms with E-state index in [-0.39, 0.29) is 5.91 Å². The standard InChI is InChI=1S/C16H19N3O/c1-11-6-7-18-9-14(11)10-19-15-5-4-13(8-12(15)2)16(20)17-3/h4-9,19H,10H2,1-3H3,(H,17,20). The fraction of sp³-hybridized carbons (Fsp3) is 0.250. The van der Waals surface area contributed by atoms with Crippen LogP contribution in [0.25, 0.3) is 0 Å². The van der Waals surface area contributed by atoms with E-state index in [0.717, 1.165) is 17.8 Å². The van der Waals surface area contributed by atoms with Gasteiger partial charge in [-0.2, -0.15) is 0 Å². The first-order chi connectivity index (χ1) is 9.61. The summed E-state index contributed by atoms with van der Waals surface area (Å²) in [5.41, 5.74) is 5.14. The summed E-state index contributed by atoms with van der Waals surface area (Å²) in [4.78, 5) is 15.7. The predicted octanol–water partition coefficient (Wildman–Crippen LogP) is 2.67. The third kappa shape index (κ3) is 3.15. The summed E-state index contributed by atoms with van der Waals surface area (Å²) in [6, 6.07) is 7.64. The van der Waals surface area contributed by atoms with Gasteiger partial charge in [-0.3, -0.25) is 9.78 Å². The summed E-state index contributed by atoms with van der Waals surface area (Å²) in [6.07, 6.45) is 3.67.